The van der Waals surface area contributed by atoms with Gasteiger partial charge in [-0.15, -0.1) is 11.3 Å². The van der Waals surface area contributed by atoms with Crippen LogP contribution in [0.3, 0.4) is 0 Å². The van der Waals surface area contributed by atoms with Gasteiger partial charge in [-0.25, -0.2) is 4.68 Å². The summed E-state index contributed by atoms with van der Waals surface area (Å²) in [6.45, 7) is 6.06. The second kappa shape index (κ2) is 9.06. The Labute approximate surface area is 185 Å². The van der Waals surface area contributed by atoms with E-state index >= 15 is 0 Å². The summed E-state index contributed by atoms with van der Waals surface area (Å²) in [7, 11) is 0. The first-order valence-corrected chi connectivity index (χ1v) is 11.7. The Morgan fingerprint density at radius 1 is 1.13 bits per heavy atom. The fourth-order valence-corrected chi connectivity index (χ4v) is 4.93. The minimum absolute atomic E-state index is 0.0175. The number of nitrogens with one attached hydrogen (secondary N) is 1. The fraction of sp³-hybridized carbons (Fsp3) is 0.375. The van der Waals surface area contributed by atoms with E-state index in [2.05, 4.69) is 35.5 Å². The van der Waals surface area contributed by atoms with Crippen LogP contribution in [0.5, 0.6) is 0 Å². The molecule has 0 radical (unpaired) electrons. The second-order valence-corrected chi connectivity index (χ2v) is 9.07. The molecule has 1 atom stereocenters. The van der Waals surface area contributed by atoms with Gasteiger partial charge < -0.3 is 5.32 Å². The summed E-state index contributed by atoms with van der Waals surface area (Å²) in [4.78, 5) is 27.0. The molecule has 0 bridgehead atoms. The maximum Gasteiger partial charge on any atom is 0.291 e. The Kier molecular flexibility index (Phi) is 6.23. The Hall–Kier alpha value is -2.93. The van der Waals surface area contributed by atoms with Crippen molar-refractivity contribution in [2.24, 2.45) is 0 Å². The van der Waals surface area contributed by atoms with Crippen LogP contribution in [0, 0.1) is 0 Å². The summed E-state index contributed by atoms with van der Waals surface area (Å²) in [6, 6.07) is 14.3. The zero-order valence-electron chi connectivity index (χ0n) is 18.2. The van der Waals surface area contributed by atoms with Crippen LogP contribution in [0.15, 0.2) is 47.3 Å². The van der Waals surface area contributed by atoms with Crippen molar-refractivity contribution in [3.05, 3.63) is 69.1 Å². The maximum atomic E-state index is 13.1. The lowest BCUT2D eigenvalue weighted by Gasteiger charge is -2.15. The van der Waals surface area contributed by atoms with Crippen molar-refractivity contribution in [3.63, 3.8) is 0 Å². The van der Waals surface area contributed by atoms with Crippen LogP contribution in [-0.2, 0) is 30.6 Å². The summed E-state index contributed by atoms with van der Waals surface area (Å²) in [5.74, 6) is 0.596. The molecule has 0 saturated carbocycles. The molecule has 0 unspecified atom stereocenters. The third-order valence-electron chi connectivity index (χ3n) is 5.56. The van der Waals surface area contributed by atoms with Gasteiger partial charge in [-0.1, -0.05) is 44.2 Å². The lowest BCUT2D eigenvalue weighted by Crippen LogP contribution is -2.39. The van der Waals surface area contributed by atoms with Gasteiger partial charge in [0.25, 0.3) is 5.56 Å². The standard InChI is InChI=1S/C24H28N4O2S/c1-4-18-13-19-21(31-18)14-20-24(30)27(26-22(5-2)28(19)20)15-23(29)25-16(3)11-12-17-9-7-6-8-10-17/h6-10,13-14,16H,4-5,11-12,15H2,1-3H3,(H,25,29)/t16-/m0/s1. The molecule has 0 fully saturated rings. The number of rotatable bonds is 8. The van der Waals surface area contributed by atoms with Crippen molar-refractivity contribution in [1.29, 1.82) is 0 Å². The number of thiophene rings is 1. The molecule has 0 aliphatic rings. The number of amides is 1. The average molecular weight is 437 g/mol. The quantitative estimate of drug-likeness (QED) is 0.454. The van der Waals surface area contributed by atoms with Crippen molar-refractivity contribution >= 4 is 33.0 Å². The number of hydrogen-bond donors (Lipinski definition) is 1. The number of aryl methyl sites for hydroxylation is 3. The molecule has 162 valence electrons. The molecule has 3 aromatic heterocycles. The highest BCUT2D eigenvalue weighted by molar-refractivity contribution is 7.19. The zero-order valence-corrected chi connectivity index (χ0v) is 19.0. The third-order valence-corrected chi connectivity index (χ3v) is 6.78. The van der Waals surface area contributed by atoms with E-state index in [1.54, 1.807) is 11.3 Å². The van der Waals surface area contributed by atoms with Crippen LogP contribution < -0.4 is 10.9 Å². The van der Waals surface area contributed by atoms with E-state index in [-0.39, 0.29) is 24.1 Å². The number of nitrogens with zero attached hydrogens (tertiary/aromatic N) is 3. The second-order valence-electron chi connectivity index (χ2n) is 7.91. The number of hydrogen-bond acceptors (Lipinski definition) is 4. The van der Waals surface area contributed by atoms with Crippen molar-refractivity contribution in [3.8, 4) is 0 Å². The van der Waals surface area contributed by atoms with E-state index in [4.69, 9.17) is 0 Å². The van der Waals surface area contributed by atoms with Crippen molar-refractivity contribution in [2.75, 3.05) is 0 Å². The van der Waals surface area contributed by atoms with E-state index < -0.39 is 0 Å². The predicted molar refractivity (Wildman–Crippen MR) is 126 cm³/mol. The molecule has 6 nitrogen and oxygen atoms in total. The Bertz CT molecular complexity index is 1270. The third kappa shape index (κ3) is 4.42. The van der Waals surface area contributed by atoms with Crippen molar-refractivity contribution < 1.29 is 4.79 Å². The number of aromatic nitrogens is 3. The van der Waals surface area contributed by atoms with E-state index in [1.165, 1.54) is 15.1 Å². The average Bonchev–Trinajstić information content (AvgIpc) is 3.33. The van der Waals surface area contributed by atoms with Crippen LogP contribution in [0.2, 0.25) is 0 Å². The molecule has 0 aliphatic heterocycles. The summed E-state index contributed by atoms with van der Waals surface area (Å²) in [5.41, 5.74) is 2.63. The maximum absolute atomic E-state index is 13.1. The molecule has 1 N–H and O–H groups in total. The van der Waals surface area contributed by atoms with Gasteiger partial charge in [0.05, 0.1) is 10.2 Å². The highest BCUT2D eigenvalue weighted by Crippen LogP contribution is 2.29. The Morgan fingerprint density at radius 2 is 1.90 bits per heavy atom. The molecule has 31 heavy (non-hydrogen) atoms. The van der Waals surface area contributed by atoms with Gasteiger partial charge in [-0.05, 0) is 43.9 Å². The highest BCUT2D eigenvalue weighted by atomic mass is 32.1. The Morgan fingerprint density at radius 3 is 2.61 bits per heavy atom. The first-order chi connectivity index (χ1) is 15.0. The van der Waals surface area contributed by atoms with Gasteiger partial charge in [-0.3, -0.25) is 14.0 Å². The number of carbonyl (C=O) groups excluding carboxylic acids is 1. The van der Waals surface area contributed by atoms with Gasteiger partial charge in [0.2, 0.25) is 5.91 Å². The molecule has 4 aromatic rings. The minimum Gasteiger partial charge on any atom is -0.352 e. The topological polar surface area (TPSA) is 68.4 Å². The predicted octanol–water partition coefficient (Wildman–Crippen LogP) is 3.97. The fourth-order valence-electron chi connectivity index (χ4n) is 3.91. The zero-order chi connectivity index (χ0) is 22.0. The van der Waals surface area contributed by atoms with Crippen LogP contribution in [0.25, 0.3) is 15.7 Å². The summed E-state index contributed by atoms with van der Waals surface area (Å²) in [6.07, 6.45) is 3.38. The molecule has 0 aliphatic carbocycles. The molecule has 3 heterocycles. The number of benzene rings is 1. The van der Waals surface area contributed by atoms with E-state index in [9.17, 15) is 9.59 Å². The summed E-state index contributed by atoms with van der Waals surface area (Å²) < 4.78 is 4.34. The largest absolute Gasteiger partial charge is 0.352 e. The molecule has 0 saturated heterocycles. The van der Waals surface area contributed by atoms with Gasteiger partial charge in [-0.2, -0.15) is 5.10 Å². The first-order valence-electron chi connectivity index (χ1n) is 10.9. The number of carbonyl (C=O) groups is 1. The van der Waals surface area contributed by atoms with Crippen LogP contribution in [0.4, 0.5) is 0 Å². The summed E-state index contributed by atoms with van der Waals surface area (Å²) >= 11 is 1.71. The van der Waals surface area contributed by atoms with E-state index in [0.717, 1.165) is 35.3 Å². The van der Waals surface area contributed by atoms with Gasteiger partial charge in [0.1, 0.15) is 17.9 Å². The highest BCUT2D eigenvalue weighted by Gasteiger charge is 2.17. The Balaban J connectivity index is 1.51. The smallest absolute Gasteiger partial charge is 0.291 e. The van der Waals surface area contributed by atoms with Gasteiger partial charge >= 0.3 is 0 Å². The normalized spacial score (nSPS) is 12.5. The molecule has 0 spiro atoms. The monoisotopic (exact) mass is 436 g/mol. The van der Waals surface area contributed by atoms with Crippen LogP contribution >= 0.6 is 11.3 Å². The molecule has 1 aromatic carbocycles. The molecule has 1 amide bonds. The van der Waals surface area contributed by atoms with Crippen molar-refractivity contribution in [2.45, 2.75) is 59.0 Å². The summed E-state index contributed by atoms with van der Waals surface area (Å²) in [5, 5.41) is 7.53. The molecular weight excluding hydrogens is 408 g/mol. The van der Waals surface area contributed by atoms with E-state index in [0.29, 0.717) is 11.9 Å². The van der Waals surface area contributed by atoms with Crippen LogP contribution in [-0.4, -0.2) is 26.1 Å². The van der Waals surface area contributed by atoms with Gasteiger partial charge in [0.15, 0.2) is 0 Å². The first kappa shape index (κ1) is 21.3. The van der Waals surface area contributed by atoms with Gasteiger partial charge in [0, 0.05) is 17.3 Å². The lowest BCUT2D eigenvalue weighted by atomic mass is 10.1. The molecule has 7 heteroatoms. The molecule has 4 rings (SSSR count). The SMILES string of the molecule is CCc1cc2c(cc3c(=O)n(CC(=O)N[C@@H](C)CCc4ccccc4)nc(CC)n32)s1. The van der Waals surface area contributed by atoms with Crippen LogP contribution in [0.1, 0.15) is 43.5 Å². The van der Waals surface area contributed by atoms with E-state index in [1.807, 2.05) is 42.5 Å². The lowest BCUT2D eigenvalue weighted by molar-refractivity contribution is -0.122. The molecular formula is C24H28N4O2S. The van der Waals surface area contributed by atoms with Crippen molar-refractivity contribution in [1.82, 2.24) is 19.5 Å². The number of fused-ring (bicyclic) bond motifs is 3. The minimum atomic E-state index is -0.231.